The van der Waals surface area contributed by atoms with Crippen molar-refractivity contribution in [2.24, 2.45) is 0 Å². The molecule has 0 radical (unpaired) electrons. The van der Waals surface area contributed by atoms with Crippen molar-refractivity contribution in [1.29, 1.82) is 5.26 Å². The Morgan fingerprint density at radius 3 is 1.77 bits per heavy atom. The fourth-order valence-electron chi connectivity index (χ4n) is 2.24. The normalized spacial score (nSPS) is 16.9. The fourth-order valence-corrected chi connectivity index (χ4v) is 2.24. The highest BCUT2D eigenvalue weighted by molar-refractivity contribution is 6.29. The van der Waals surface area contributed by atoms with Crippen molar-refractivity contribution in [3.05, 3.63) is 48.1 Å². The smallest absolute Gasteiger partial charge is 0.258 e. The van der Waals surface area contributed by atoms with E-state index in [9.17, 15) is 24.4 Å². The van der Waals surface area contributed by atoms with Crippen LogP contribution in [0, 0.1) is 11.3 Å². The summed E-state index contributed by atoms with van der Waals surface area (Å²) in [7, 11) is 0. The Labute approximate surface area is 124 Å². The number of amides is 4. The number of hydrogen-bond donors (Lipinski definition) is 0. The zero-order valence-corrected chi connectivity index (χ0v) is 11.0. The Morgan fingerprint density at radius 2 is 1.27 bits per heavy atom. The summed E-state index contributed by atoms with van der Waals surface area (Å²) in [5, 5.41) is 9.23. The van der Waals surface area contributed by atoms with Crippen LogP contribution in [0.3, 0.4) is 0 Å². The molecule has 2 aliphatic heterocycles. The van der Waals surface area contributed by atoms with Crippen LogP contribution in [-0.4, -0.2) is 23.6 Å². The predicted octanol–water partition coefficient (Wildman–Crippen LogP) is 0.417. The molecule has 22 heavy (non-hydrogen) atoms. The molecule has 0 bridgehead atoms. The summed E-state index contributed by atoms with van der Waals surface area (Å²) in [6, 6.07) is 5.91. The maximum atomic E-state index is 11.7. The van der Waals surface area contributed by atoms with Gasteiger partial charge in [0.05, 0.1) is 16.9 Å². The van der Waals surface area contributed by atoms with Gasteiger partial charge in [0.2, 0.25) is 0 Å². The number of hydrogen-bond acceptors (Lipinski definition) is 5. The Hall–Kier alpha value is -3.53. The minimum absolute atomic E-state index is 0.00963. The number of carbonyl (C=O) groups is 4. The molecule has 3 rings (SSSR count). The number of nitriles is 1. The third-order valence-electron chi connectivity index (χ3n) is 3.22. The van der Waals surface area contributed by atoms with E-state index >= 15 is 0 Å². The largest absolute Gasteiger partial charge is 0.269 e. The van der Waals surface area contributed by atoms with E-state index in [1.54, 1.807) is 0 Å². The van der Waals surface area contributed by atoms with E-state index in [0.29, 0.717) is 0 Å². The summed E-state index contributed by atoms with van der Waals surface area (Å²) in [4.78, 5) is 48.4. The number of carbonyl (C=O) groups excluding carboxylic acids is 4. The third kappa shape index (κ3) is 1.91. The molecule has 106 valence electrons. The van der Waals surface area contributed by atoms with E-state index in [4.69, 9.17) is 0 Å². The molecule has 0 unspecified atom stereocenters. The van der Waals surface area contributed by atoms with Crippen LogP contribution < -0.4 is 9.80 Å². The molecule has 0 atom stereocenters. The number of imide groups is 2. The number of anilines is 2. The quantitative estimate of drug-likeness (QED) is 0.736. The molecule has 0 aliphatic carbocycles. The first-order chi connectivity index (χ1) is 10.5. The molecule has 0 spiro atoms. The van der Waals surface area contributed by atoms with E-state index in [2.05, 4.69) is 0 Å². The maximum absolute atomic E-state index is 11.7. The van der Waals surface area contributed by atoms with Gasteiger partial charge >= 0.3 is 0 Å². The number of benzene rings is 1. The standard InChI is InChI=1S/C15H7N3O4/c16-8-9-7-10(17-12(19)3-4-13(17)20)1-2-11(9)18-14(21)5-6-15(18)22/h1-7H. The topological polar surface area (TPSA) is 98.5 Å². The Kier molecular flexibility index (Phi) is 2.93. The van der Waals surface area contributed by atoms with Crippen LogP contribution in [0.15, 0.2) is 42.5 Å². The first-order valence-electron chi connectivity index (χ1n) is 6.19. The summed E-state index contributed by atoms with van der Waals surface area (Å²) in [6.45, 7) is 0. The van der Waals surface area contributed by atoms with E-state index in [1.165, 1.54) is 18.2 Å². The second kappa shape index (κ2) is 4.79. The molecule has 0 fully saturated rings. The second-order valence-corrected chi connectivity index (χ2v) is 4.50. The van der Waals surface area contributed by atoms with Gasteiger partial charge in [0, 0.05) is 24.3 Å². The van der Waals surface area contributed by atoms with Crippen LogP contribution in [0.1, 0.15) is 5.56 Å². The highest BCUT2D eigenvalue weighted by Crippen LogP contribution is 2.29. The average molecular weight is 293 g/mol. The zero-order valence-electron chi connectivity index (χ0n) is 11.0. The van der Waals surface area contributed by atoms with Crippen molar-refractivity contribution < 1.29 is 19.2 Å². The number of rotatable bonds is 2. The van der Waals surface area contributed by atoms with Gasteiger partial charge in [-0.3, -0.25) is 19.2 Å². The third-order valence-corrected chi connectivity index (χ3v) is 3.22. The molecule has 2 aliphatic rings. The van der Waals surface area contributed by atoms with E-state index in [-0.39, 0.29) is 16.9 Å². The minimum atomic E-state index is -0.552. The van der Waals surface area contributed by atoms with Crippen molar-refractivity contribution in [3.63, 3.8) is 0 Å². The Morgan fingerprint density at radius 1 is 0.773 bits per heavy atom. The van der Waals surface area contributed by atoms with Gasteiger partial charge in [-0.25, -0.2) is 9.80 Å². The minimum Gasteiger partial charge on any atom is -0.269 e. The van der Waals surface area contributed by atoms with E-state index < -0.39 is 23.6 Å². The number of nitrogens with zero attached hydrogens (tertiary/aromatic N) is 3. The highest BCUT2D eigenvalue weighted by Gasteiger charge is 2.30. The molecule has 0 saturated heterocycles. The first-order valence-corrected chi connectivity index (χ1v) is 6.19. The average Bonchev–Trinajstić information content (AvgIpc) is 3.01. The molecule has 0 saturated carbocycles. The summed E-state index contributed by atoms with van der Waals surface area (Å²) < 4.78 is 0. The summed E-state index contributed by atoms with van der Waals surface area (Å²) >= 11 is 0. The molecule has 0 N–H and O–H groups in total. The second-order valence-electron chi connectivity index (χ2n) is 4.50. The Bertz CT molecular complexity index is 809. The van der Waals surface area contributed by atoms with Gasteiger partial charge < -0.3 is 0 Å². The maximum Gasteiger partial charge on any atom is 0.258 e. The SMILES string of the molecule is N#Cc1cc(N2C(=O)C=CC2=O)ccc1N1C(=O)C=CC1=O. The lowest BCUT2D eigenvalue weighted by molar-refractivity contribution is -0.121. The molecular formula is C15H7N3O4. The van der Waals surface area contributed by atoms with Crippen molar-refractivity contribution in [3.8, 4) is 6.07 Å². The van der Waals surface area contributed by atoms with Gasteiger partial charge in [0.25, 0.3) is 23.6 Å². The summed E-state index contributed by atoms with van der Waals surface area (Å²) in [5.41, 5.74) is 0.320. The zero-order chi connectivity index (χ0) is 15.9. The fraction of sp³-hybridized carbons (Fsp3) is 0. The van der Waals surface area contributed by atoms with E-state index in [0.717, 1.165) is 34.1 Å². The summed E-state index contributed by atoms with van der Waals surface area (Å²) in [5.74, 6) is -2.14. The molecule has 7 nitrogen and oxygen atoms in total. The molecule has 7 heteroatoms. The molecule has 0 aromatic heterocycles. The lowest BCUT2D eigenvalue weighted by atomic mass is 10.1. The lowest BCUT2D eigenvalue weighted by Gasteiger charge is -2.18. The lowest BCUT2D eigenvalue weighted by Crippen LogP contribution is -2.31. The molecule has 2 heterocycles. The molecular weight excluding hydrogens is 286 g/mol. The highest BCUT2D eigenvalue weighted by atomic mass is 16.2. The van der Waals surface area contributed by atoms with Crippen molar-refractivity contribution >= 4 is 35.0 Å². The van der Waals surface area contributed by atoms with Crippen LogP contribution in [-0.2, 0) is 19.2 Å². The van der Waals surface area contributed by atoms with Crippen LogP contribution >= 0.6 is 0 Å². The van der Waals surface area contributed by atoms with Crippen LogP contribution in [0.2, 0.25) is 0 Å². The van der Waals surface area contributed by atoms with Crippen LogP contribution in [0.4, 0.5) is 11.4 Å². The van der Waals surface area contributed by atoms with Crippen molar-refractivity contribution in [2.75, 3.05) is 9.80 Å². The van der Waals surface area contributed by atoms with Gasteiger partial charge in [0.1, 0.15) is 6.07 Å². The van der Waals surface area contributed by atoms with Crippen LogP contribution in [0.5, 0.6) is 0 Å². The van der Waals surface area contributed by atoms with Gasteiger partial charge in [-0.05, 0) is 18.2 Å². The van der Waals surface area contributed by atoms with Gasteiger partial charge in [0.15, 0.2) is 0 Å². The molecule has 4 amide bonds. The van der Waals surface area contributed by atoms with Gasteiger partial charge in [-0.2, -0.15) is 5.26 Å². The van der Waals surface area contributed by atoms with Gasteiger partial charge in [-0.15, -0.1) is 0 Å². The van der Waals surface area contributed by atoms with Gasteiger partial charge in [-0.1, -0.05) is 0 Å². The van der Waals surface area contributed by atoms with Crippen molar-refractivity contribution in [2.45, 2.75) is 0 Å². The molecule has 1 aromatic rings. The van der Waals surface area contributed by atoms with E-state index in [1.807, 2.05) is 6.07 Å². The van der Waals surface area contributed by atoms with Crippen LogP contribution in [0.25, 0.3) is 0 Å². The Balaban J connectivity index is 2.04. The van der Waals surface area contributed by atoms with Crippen molar-refractivity contribution in [1.82, 2.24) is 0 Å². The molecule has 1 aromatic carbocycles. The predicted molar refractivity (Wildman–Crippen MR) is 74.4 cm³/mol. The summed E-state index contributed by atoms with van der Waals surface area (Å²) in [6.07, 6.45) is 4.46. The monoisotopic (exact) mass is 293 g/mol. The first kappa shape index (κ1) is 13.5.